The Morgan fingerprint density at radius 2 is 2.00 bits per heavy atom. The van der Waals surface area contributed by atoms with Crippen LogP contribution in [0.4, 0.5) is 5.69 Å². The summed E-state index contributed by atoms with van der Waals surface area (Å²) >= 11 is 0. The Kier molecular flexibility index (Phi) is 8.79. The van der Waals surface area contributed by atoms with E-state index in [2.05, 4.69) is 11.9 Å². The molecule has 1 amide bonds. The maximum Gasteiger partial charge on any atom is 0.308 e. The summed E-state index contributed by atoms with van der Waals surface area (Å²) in [6.07, 6.45) is 7.36. The Balaban J connectivity index is 1.34. The third-order valence-corrected chi connectivity index (χ3v) is 8.91. The standard InChI is InChI=1S/C34H38N4O7/c1-3-4-13-38(24-9-7-12-35-17-24)30(39)20-37-19-26(23-15-28(43-2)32-29(16-23)44-21-45-32)31(34(41)42)27(37)11-14-36-18-22-8-5-6-10-25(22)33(36)40/h5-10,12,15-18,26-27,31,40H,3-4,11,13-14,19-21H2,1-2H3,(H,41,42)/t26-,27+,31-/m1/s1. The number of carboxylic acid groups (broad SMARTS) is 1. The van der Waals surface area contributed by atoms with Gasteiger partial charge in [0.05, 0.1) is 31.5 Å². The van der Waals surface area contributed by atoms with Gasteiger partial charge in [0.25, 0.3) is 0 Å². The van der Waals surface area contributed by atoms with Crippen molar-refractivity contribution >= 4 is 28.3 Å². The number of carboxylic acids is 1. The fourth-order valence-electron chi connectivity index (χ4n) is 6.68. The molecule has 4 heterocycles. The normalized spacial score (nSPS) is 19.2. The van der Waals surface area contributed by atoms with Gasteiger partial charge in [0.2, 0.25) is 18.4 Å². The molecule has 1 saturated heterocycles. The van der Waals surface area contributed by atoms with E-state index in [1.165, 1.54) is 7.11 Å². The molecular formula is C34H38N4O7. The fraction of sp³-hybridized carbons (Fsp3) is 0.382. The lowest BCUT2D eigenvalue weighted by Gasteiger charge is -2.30. The zero-order valence-electron chi connectivity index (χ0n) is 25.5. The molecule has 0 unspecified atom stereocenters. The van der Waals surface area contributed by atoms with Crippen molar-refractivity contribution < 1.29 is 34.0 Å². The van der Waals surface area contributed by atoms with Gasteiger partial charge in [0, 0.05) is 54.8 Å². The Morgan fingerprint density at radius 1 is 1.16 bits per heavy atom. The largest absolute Gasteiger partial charge is 0.494 e. The first-order chi connectivity index (χ1) is 21.9. The maximum atomic E-state index is 14.0. The SMILES string of the molecule is CCCCN(C(=O)CN1C[C@H](c2cc(OC)c3c(c2)OCO3)[C@@H](C(=O)O)[C@@H]1CCn1cc2ccccc2c1O)c1cccnc1. The van der Waals surface area contributed by atoms with Crippen LogP contribution in [0.1, 0.15) is 37.7 Å². The number of aromatic nitrogens is 2. The highest BCUT2D eigenvalue weighted by atomic mass is 16.7. The minimum atomic E-state index is -0.950. The summed E-state index contributed by atoms with van der Waals surface area (Å²) in [5, 5.41) is 23.3. The summed E-state index contributed by atoms with van der Waals surface area (Å²) in [4.78, 5) is 35.0. The third-order valence-electron chi connectivity index (χ3n) is 8.91. The summed E-state index contributed by atoms with van der Waals surface area (Å²) in [5.41, 5.74) is 1.45. The predicted octanol–water partition coefficient (Wildman–Crippen LogP) is 4.87. The number of amides is 1. The first-order valence-electron chi connectivity index (χ1n) is 15.3. The molecule has 0 saturated carbocycles. The van der Waals surface area contributed by atoms with Crippen LogP contribution in [0.5, 0.6) is 23.1 Å². The van der Waals surface area contributed by atoms with Crippen molar-refractivity contribution in [1.82, 2.24) is 14.5 Å². The molecule has 11 nitrogen and oxygen atoms in total. The molecule has 0 radical (unpaired) electrons. The summed E-state index contributed by atoms with van der Waals surface area (Å²) in [5.74, 6) is -0.753. The van der Waals surface area contributed by atoms with Crippen LogP contribution in [0.15, 0.2) is 67.1 Å². The van der Waals surface area contributed by atoms with Crippen molar-refractivity contribution in [2.45, 2.75) is 44.7 Å². The second-order valence-electron chi connectivity index (χ2n) is 11.6. The van der Waals surface area contributed by atoms with Crippen LogP contribution >= 0.6 is 0 Å². The minimum absolute atomic E-state index is 0.0326. The highest BCUT2D eigenvalue weighted by Gasteiger charge is 2.47. The van der Waals surface area contributed by atoms with E-state index in [1.807, 2.05) is 53.6 Å². The van der Waals surface area contributed by atoms with E-state index in [-0.39, 0.29) is 25.1 Å². The number of hydrogen-bond acceptors (Lipinski definition) is 8. The van der Waals surface area contributed by atoms with Crippen molar-refractivity contribution in [3.8, 4) is 23.1 Å². The van der Waals surface area contributed by atoms with Gasteiger partial charge in [-0.2, -0.15) is 0 Å². The number of carbonyl (C=O) groups is 2. The topological polar surface area (TPSA) is 127 Å². The van der Waals surface area contributed by atoms with Gasteiger partial charge in [-0.3, -0.25) is 19.5 Å². The molecule has 0 spiro atoms. The van der Waals surface area contributed by atoms with Gasteiger partial charge in [0.15, 0.2) is 17.4 Å². The number of benzene rings is 2. The molecule has 4 aromatic rings. The van der Waals surface area contributed by atoms with E-state index < -0.39 is 23.8 Å². The molecule has 2 aromatic carbocycles. The van der Waals surface area contributed by atoms with Crippen LogP contribution in [-0.2, 0) is 16.1 Å². The number of pyridine rings is 1. The number of methoxy groups -OCH3 is 1. The lowest BCUT2D eigenvalue weighted by atomic mass is 9.84. The molecule has 3 atom stereocenters. The molecule has 2 aromatic heterocycles. The summed E-state index contributed by atoms with van der Waals surface area (Å²) in [6.45, 7) is 3.41. The number of fused-ring (bicyclic) bond motifs is 2. The number of likely N-dealkylation sites (tertiary alicyclic amines) is 1. The molecule has 1 fully saturated rings. The number of ether oxygens (including phenoxy) is 3. The smallest absolute Gasteiger partial charge is 0.308 e. The highest BCUT2D eigenvalue weighted by Crippen LogP contribution is 2.47. The van der Waals surface area contributed by atoms with Gasteiger partial charge in [-0.15, -0.1) is 0 Å². The lowest BCUT2D eigenvalue weighted by Crippen LogP contribution is -2.45. The number of hydrogen-bond donors (Lipinski definition) is 2. The lowest BCUT2D eigenvalue weighted by molar-refractivity contribution is -0.143. The molecule has 45 heavy (non-hydrogen) atoms. The van der Waals surface area contributed by atoms with Crippen LogP contribution in [-0.4, -0.2) is 76.1 Å². The first kappa shape index (κ1) is 30.3. The van der Waals surface area contributed by atoms with Gasteiger partial charge in [-0.05, 0) is 48.7 Å². The molecule has 6 rings (SSSR count). The molecule has 2 N–H and O–H groups in total. The number of carbonyl (C=O) groups excluding carboxylic acids is 1. The van der Waals surface area contributed by atoms with Crippen molar-refractivity contribution in [2.75, 3.05) is 38.4 Å². The zero-order chi connectivity index (χ0) is 31.5. The second kappa shape index (κ2) is 13.1. The molecular weight excluding hydrogens is 576 g/mol. The third kappa shape index (κ3) is 6.00. The van der Waals surface area contributed by atoms with Gasteiger partial charge in [-0.25, -0.2) is 0 Å². The molecule has 11 heteroatoms. The van der Waals surface area contributed by atoms with Gasteiger partial charge < -0.3 is 33.9 Å². The Labute approximate surface area is 261 Å². The Bertz CT molecular complexity index is 1670. The molecule has 0 aliphatic carbocycles. The monoisotopic (exact) mass is 614 g/mol. The fourth-order valence-corrected chi connectivity index (χ4v) is 6.68. The summed E-state index contributed by atoms with van der Waals surface area (Å²) in [6, 6.07) is 14.4. The number of aryl methyl sites for hydroxylation is 1. The summed E-state index contributed by atoms with van der Waals surface area (Å²) in [7, 11) is 1.54. The van der Waals surface area contributed by atoms with E-state index in [9.17, 15) is 19.8 Å². The number of rotatable bonds is 12. The van der Waals surface area contributed by atoms with E-state index in [1.54, 1.807) is 27.9 Å². The quantitative estimate of drug-likeness (QED) is 0.230. The molecule has 2 aliphatic heterocycles. The van der Waals surface area contributed by atoms with Crippen LogP contribution < -0.4 is 19.1 Å². The average Bonchev–Trinajstić information content (AvgIpc) is 3.76. The van der Waals surface area contributed by atoms with Crippen molar-refractivity contribution in [3.63, 3.8) is 0 Å². The van der Waals surface area contributed by atoms with Gasteiger partial charge >= 0.3 is 5.97 Å². The zero-order valence-corrected chi connectivity index (χ0v) is 25.5. The van der Waals surface area contributed by atoms with Gasteiger partial charge in [-0.1, -0.05) is 31.5 Å². The van der Waals surface area contributed by atoms with Crippen LogP contribution in [0, 0.1) is 5.92 Å². The van der Waals surface area contributed by atoms with Crippen LogP contribution in [0.2, 0.25) is 0 Å². The van der Waals surface area contributed by atoms with Crippen molar-refractivity contribution in [2.24, 2.45) is 5.92 Å². The van der Waals surface area contributed by atoms with E-state index in [4.69, 9.17) is 14.2 Å². The minimum Gasteiger partial charge on any atom is -0.494 e. The maximum absolute atomic E-state index is 14.0. The number of unbranched alkanes of at least 4 members (excludes halogenated alkanes) is 1. The van der Waals surface area contributed by atoms with Crippen LogP contribution in [0.25, 0.3) is 10.8 Å². The Hall–Kier alpha value is -4.77. The number of anilines is 1. The number of aliphatic carboxylic acids is 1. The molecule has 0 bridgehead atoms. The number of aromatic hydroxyl groups is 1. The summed E-state index contributed by atoms with van der Waals surface area (Å²) < 4.78 is 18.6. The first-order valence-corrected chi connectivity index (χ1v) is 15.3. The van der Waals surface area contributed by atoms with Crippen LogP contribution in [0.3, 0.4) is 0 Å². The second-order valence-corrected chi connectivity index (χ2v) is 11.6. The van der Waals surface area contributed by atoms with Gasteiger partial charge in [0.1, 0.15) is 0 Å². The van der Waals surface area contributed by atoms with Crippen molar-refractivity contribution in [1.29, 1.82) is 0 Å². The van der Waals surface area contributed by atoms with Crippen molar-refractivity contribution in [3.05, 3.63) is 72.7 Å². The van der Waals surface area contributed by atoms with E-state index in [0.29, 0.717) is 49.0 Å². The van der Waals surface area contributed by atoms with E-state index in [0.717, 1.165) is 29.2 Å². The molecule has 236 valence electrons. The predicted molar refractivity (Wildman–Crippen MR) is 168 cm³/mol. The molecule has 2 aliphatic rings. The Morgan fingerprint density at radius 3 is 2.73 bits per heavy atom. The van der Waals surface area contributed by atoms with E-state index >= 15 is 0 Å². The number of nitrogens with zero attached hydrogens (tertiary/aromatic N) is 4. The average molecular weight is 615 g/mol. The highest BCUT2D eigenvalue weighted by molar-refractivity contribution is 5.94.